The molecular formula is C10H12F2N2O. The van der Waals surface area contributed by atoms with Crippen LogP contribution in [0.15, 0.2) is 18.2 Å². The van der Waals surface area contributed by atoms with Crippen LogP contribution in [0.2, 0.25) is 0 Å². The Balaban J connectivity index is 2.85. The number of urea groups is 1. The van der Waals surface area contributed by atoms with Crippen molar-refractivity contribution in [3.05, 3.63) is 29.8 Å². The first kappa shape index (κ1) is 11.4. The van der Waals surface area contributed by atoms with E-state index in [1.54, 1.807) is 6.92 Å². The molecule has 1 aromatic carbocycles. The monoisotopic (exact) mass is 214 g/mol. The predicted molar refractivity (Wildman–Crippen MR) is 53.7 cm³/mol. The normalized spacial score (nSPS) is 9.87. The Labute approximate surface area is 86.7 Å². The first-order chi connectivity index (χ1) is 7.06. The summed E-state index contributed by atoms with van der Waals surface area (Å²) >= 11 is 0. The minimum Gasteiger partial charge on any atom is -0.328 e. The van der Waals surface area contributed by atoms with Crippen LogP contribution in [0, 0.1) is 11.6 Å². The largest absolute Gasteiger partial charge is 0.328 e. The Morgan fingerprint density at radius 3 is 2.40 bits per heavy atom. The summed E-state index contributed by atoms with van der Waals surface area (Å²) in [6.45, 7) is 2.22. The molecule has 5 heteroatoms. The fourth-order valence-corrected chi connectivity index (χ4v) is 0.963. The van der Waals surface area contributed by atoms with Crippen molar-refractivity contribution >= 4 is 11.7 Å². The van der Waals surface area contributed by atoms with Crippen LogP contribution in [-0.4, -0.2) is 24.5 Å². The lowest BCUT2D eigenvalue weighted by Crippen LogP contribution is -2.31. The zero-order valence-electron chi connectivity index (χ0n) is 8.55. The van der Waals surface area contributed by atoms with E-state index in [1.807, 2.05) is 0 Å². The summed E-state index contributed by atoms with van der Waals surface area (Å²) < 4.78 is 26.2. The summed E-state index contributed by atoms with van der Waals surface area (Å²) in [5, 5.41) is 2.17. The van der Waals surface area contributed by atoms with Gasteiger partial charge in [0.2, 0.25) is 0 Å². The molecule has 0 heterocycles. The van der Waals surface area contributed by atoms with Crippen molar-refractivity contribution < 1.29 is 13.6 Å². The van der Waals surface area contributed by atoms with Crippen molar-refractivity contribution in [3.63, 3.8) is 0 Å². The van der Waals surface area contributed by atoms with Gasteiger partial charge in [0, 0.05) is 13.6 Å². The van der Waals surface area contributed by atoms with Gasteiger partial charge in [-0.15, -0.1) is 0 Å². The predicted octanol–water partition coefficient (Wildman–Crippen LogP) is 2.45. The van der Waals surface area contributed by atoms with E-state index in [-0.39, 0.29) is 0 Å². The van der Waals surface area contributed by atoms with Crippen LogP contribution in [0.1, 0.15) is 6.92 Å². The van der Waals surface area contributed by atoms with E-state index in [2.05, 4.69) is 5.32 Å². The Hall–Kier alpha value is -1.65. The van der Waals surface area contributed by atoms with Gasteiger partial charge in [-0.1, -0.05) is 6.07 Å². The highest BCUT2D eigenvalue weighted by Crippen LogP contribution is 2.18. The second kappa shape index (κ2) is 4.72. The van der Waals surface area contributed by atoms with E-state index < -0.39 is 23.4 Å². The smallest absolute Gasteiger partial charge is 0.321 e. The van der Waals surface area contributed by atoms with Crippen molar-refractivity contribution in [3.8, 4) is 0 Å². The molecule has 0 aromatic heterocycles. The van der Waals surface area contributed by atoms with Gasteiger partial charge in [-0.2, -0.15) is 0 Å². The molecule has 0 aliphatic carbocycles. The second-order valence-electron chi connectivity index (χ2n) is 3.04. The number of anilines is 1. The summed E-state index contributed by atoms with van der Waals surface area (Å²) in [5.74, 6) is -1.57. The van der Waals surface area contributed by atoms with E-state index in [0.717, 1.165) is 12.1 Å². The number of carbonyl (C=O) groups is 1. The third-order valence-corrected chi connectivity index (χ3v) is 2.02. The van der Waals surface area contributed by atoms with Crippen LogP contribution in [0.3, 0.4) is 0 Å². The van der Waals surface area contributed by atoms with Gasteiger partial charge in [-0.05, 0) is 19.1 Å². The molecule has 2 amide bonds. The Morgan fingerprint density at radius 2 is 1.93 bits per heavy atom. The molecule has 0 aliphatic rings. The van der Waals surface area contributed by atoms with Gasteiger partial charge in [-0.3, -0.25) is 0 Å². The maximum absolute atomic E-state index is 13.1. The first-order valence-electron chi connectivity index (χ1n) is 4.52. The lowest BCUT2D eigenvalue weighted by atomic mass is 10.3. The van der Waals surface area contributed by atoms with Crippen molar-refractivity contribution in [2.75, 3.05) is 18.9 Å². The highest BCUT2D eigenvalue weighted by atomic mass is 19.1. The lowest BCUT2D eigenvalue weighted by molar-refractivity contribution is 0.224. The number of carbonyl (C=O) groups excluding carboxylic acids is 1. The van der Waals surface area contributed by atoms with Crippen molar-refractivity contribution in [1.82, 2.24) is 4.90 Å². The Bertz CT molecular complexity index is 348. The fraction of sp³-hybridized carbons (Fsp3) is 0.300. The number of amides is 2. The fourth-order valence-electron chi connectivity index (χ4n) is 0.963. The van der Waals surface area contributed by atoms with E-state index >= 15 is 0 Å². The zero-order valence-corrected chi connectivity index (χ0v) is 8.55. The van der Waals surface area contributed by atoms with Gasteiger partial charge >= 0.3 is 6.03 Å². The first-order valence-corrected chi connectivity index (χ1v) is 4.52. The average molecular weight is 214 g/mol. The molecule has 0 saturated heterocycles. The number of hydrogen-bond acceptors (Lipinski definition) is 1. The SMILES string of the molecule is CCN(C)C(=O)Nc1c(F)cccc1F. The van der Waals surface area contributed by atoms with Crippen LogP contribution in [-0.2, 0) is 0 Å². The maximum Gasteiger partial charge on any atom is 0.321 e. The number of rotatable bonds is 2. The summed E-state index contributed by atoms with van der Waals surface area (Å²) in [6.07, 6.45) is 0. The van der Waals surface area contributed by atoms with E-state index in [0.29, 0.717) is 6.54 Å². The molecule has 0 spiro atoms. The summed E-state index contributed by atoms with van der Waals surface area (Å²) in [7, 11) is 1.54. The molecule has 0 saturated carbocycles. The quantitative estimate of drug-likeness (QED) is 0.805. The average Bonchev–Trinajstić information content (AvgIpc) is 2.22. The third-order valence-electron chi connectivity index (χ3n) is 2.02. The highest BCUT2D eigenvalue weighted by Gasteiger charge is 2.13. The summed E-state index contributed by atoms with van der Waals surface area (Å²) in [4.78, 5) is 12.6. The van der Waals surface area contributed by atoms with Crippen LogP contribution >= 0.6 is 0 Å². The number of hydrogen-bond donors (Lipinski definition) is 1. The molecule has 1 N–H and O–H groups in total. The summed E-state index contributed by atoms with van der Waals surface area (Å²) in [6, 6.07) is 2.88. The van der Waals surface area contributed by atoms with E-state index in [4.69, 9.17) is 0 Å². The molecular weight excluding hydrogens is 202 g/mol. The summed E-state index contributed by atoms with van der Waals surface area (Å²) in [5.41, 5.74) is -0.414. The molecule has 15 heavy (non-hydrogen) atoms. The topological polar surface area (TPSA) is 32.3 Å². The minimum absolute atomic E-state index is 0.414. The Kier molecular flexibility index (Phi) is 3.60. The molecule has 1 rings (SSSR count). The van der Waals surface area contributed by atoms with Crippen LogP contribution in [0.25, 0.3) is 0 Å². The van der Waals surface area contributed by atoms with E-state index in [9.17, 15) is 13.6 Å². The van der Waals surface area contributed by atoms with Gasteiger partial charge in [0.05, 0.1) is 0 Å². The number of halogens is 2. The van der Waals surface area contributed by atoms with Gasteiger partial charge in [-0.25, -0.2) is 13.6 Å². The van der Waals surface area contributed by atoms with Gasteiger partial charge in [0.15, 0.2) is 0 Å². The van der Waals surface area contributed by atoms with Crippen LogP contribution in [0.4, 0.5) is 19.3 Å². The molecule has 0 fully saturated rings. The van der Waals surface area contributed by atoms with Crippen molar-refractivity contribution in [1.29, 1.82) is 0 Å². The molecule has 1 aromatic rings. The minimum atomic E-state index is -0.784. The number of para-hydroxylation sites is 1. The molecule has 0 aliphatic heterocycles. The van der Waals surface area contributed by atoms with E-state index in [1.165, 1.54) is 18.0 Å². The molecule has 3 nitrogen and oxygen atoms in total. The molecule has 82 valence electrons. The van der Waals surface area contributed by atoms with Crippen molar-refractivity contribution in [2.45, 2.75) is 6.92 Å². The maximum atomic E-state index is 13.1. The van der Waals surface area contributed by atoms with Gasteiger partial charge in [0.1, 0.15) is 17.3 Å². The zero-order chi connectivity index (χ0) is 11.4. The number of nitrogens with one attached hydrogen (secondary N) is 1. The molecule has 0 radical (unpaired) electrons. The molecule has 0 unspecified atom stereocenters. The number of nitrogens with zero attached hydrogens (tertiary/aromatic N) is 1. The van der Waals surface area contributed by atoms with Crippen molar-refractivity contribution in [2.24, 2.45) is 0 Å². The molecule has 0 atom stereocenters. The molecule has 0 bridgehead atoms. The second-order valence-corrected chi connectivity index (χ2v) is 3.04. The van der Waals surface area contributed by atoms with Gasteiger partial charge < -0.3 is 10.2 Å². The highest BCUT2D eigenvalue weighted by molar-refractivity contribution is 5.89. The van der Waals surface area contributed by atoms with Crippen LogP contribution in [0.5, 0.6) is 0 Å². The third kappa shape index (κ3) is 2.65. The van der Waals surface area contributed by atoms with Gasteiger partial charge in [0.25, 0.3) is 0 Å². The van der Waals surface area contributed by atoms with Crippen LogP contribution < -0.4 is 5.32 Å². The number of benzene rings is 1. The lowest BCUT2D eigenvalue weighted by Gasteiger charge is -2.16. The standard InChI is InChI=1S/C10H12F2N2O/c1-3-14(2)10(15)13-9-7(11)5-4-6-8(9)12/h4-6H,3H2,1-2H3,(H,13,15). The Morgan fingerprint density at radius 1 is 1.40 bits per heavy atom.